The molecule has 1 heterocycles. The largest absolute Gasteiger partial charge is 0.479 e. The Kier molecular flexibility index (Phi) is 48.2. The topological polar surface area (TPSA) is 175 Å². The minimum absolute atomic E-state index is 0.0648. The van der Waals surface area contributed by atoms with Crippen molar-refractivity contribution in [3.63, 3.8) is 0 Å². The number of carbonyl (C=O) groups excluding carboxylic acids is 3. The summed E-state index contributed by atoms with van der Waals surface area (Å²) in [6.45, 7) is 5.90. The van der Waals surface area contributed by atoms with Crippen LogP contribution < -0.4 is 0 Å². The molecule has 75 heavy (non-hydrogen) atoms. The second kappa shape index (κ2) is 51.7. The van der Waals surface area contributed by atoms with Gasteiger partial charge in [-0.3, -0.25) is 14.4 Å². The molecular weight excluding hydrogens is 949 g/mol. The van der Waals surface area contributed by atoms with E-state index < -0.39 is 67.3 Å². The van der Waals surface area contributed by atoms with Gasteiger partial charge in [-0.05, 0) is 51.4 Å². The summed E-state index contributed by atoms with van der Waals surface area (Å²) >= 11 is 0. The second-order valence-electron chi connectivity index (χ2n) is 21.3. The monoisotopic (exact) mass is 1060 g/mol. The number of carboxylic acid groups (broad SMARTS) is 1. The smallest absolute Gasteiger partial charge is 0.335 e. The maximum atomic E-state index is 13.2. The van der Waals surface area contributed by atoms with E-state index >= 15 is 0 Å². The summed E-state index contributed by atoms with van der Waals surface area (Å²) in [4.78, 5) is 51.2. The maximum absolute atomic E-state index is 13.2. The van der Waals surface area contributed by atoms with Crippen LogP contribution in [0, 0.1) is 0 Å². The molecule has 0 amide bonds. The summed E-state index contributed by atoms with van der Waals surface area (Å²) in [5, 5.41) is 31.5. The van der Waals surface area contributed by atoms with Gasteiger partial charge in [-0.2, -0.15) is 0 Å². The zero-order valence-electron chi connectivity index (χ0n) is 48.1. The Morgan fingerprint density at radius 2 is 0.840 bits per heavy atom. The van der Waals surface area contributed by atoms with Gasteiger partial charge in [-0.15, -0.1) is 0 Å². The van der Waals surface area contributed by atoms with Gasteiger partial charge in [0.1, 0.15) is 18.8 Å². The lowest BCUT2D eigenvalue weighted by Gasteiger charge is -2.40. The molecule has 0 radical (unpaired) electrons. The third-order valence-electron chi connectivity index (χ3n) is 14.2. The molecule has 1 saturated heterocycles. The first kappa shape index (κ1) is 70.0. The zero-order valence-corrected chi connectivity index (χ0v) is 48.1. The minimum atomic E-state index is -1.90. The summed E-state index contributed by atoms with van der Waals surface area (Å²) < 4.78 is 28.5. The van der Waals surface area contributed by atoms with Gasteiger partial charge in [0.05, 0.1) is 6.61 Å². The molecule has 1 aliphatic heterocycles. The molecule has 1 rings (SSSR count). The number of rotatable bonds is 53. The molecule has 1 aliphatic rings. The number of carboxylic acids is 1. The lowest BCUT2D eigenvalue weighted by molar-refractivity contribution is -0.301. The van der Waals surface area contributed by atoms with Crippen LogP contribution in [0.1, 0.15) is 290 Å². The summed E-state index contributed by atoms with van der Waals surface area (Å²) in [7, 11) is 0. The number of ether oxygens (including phenoxy) is 5. The van der Waals surface area contributed by atoms with Crippen molar-refractivity contribution in [2.75, 3.05) is 13.2 Å². The van der Waals surface area contributed by atoms with Gasteiger partial charge >= 0.3 is 23.9 Å². The Balaban J connectivity index is 2.67. The molecule has 6 atom stereocenters. The first-order valence-corrected chi connectivity index (χ1v) is 31.0. The van der Waals surface area contributed by atoms with Gasteiger partial charge < -0.3 is 39.0 Å². The van der Waals surface area contributed by atoms with E-state index in [-0.39, 0.29) is 25.9 Å². The summed E-state index contributed by atoms with van der Waals surface area (Å²) in [6, 6.07) is 0. The Morgan fingerprint density at radius 3 is 1.28 bits per heavy atom. The maximum Gasteiger partial charge on any atom is 0.335 e. The molecular formula is C63H112O12. The van der Waals surface area contributed by atoms with E-state index in [0.717, 1.165) is 89.9 Å². The molecule has 12 heteroatoms. The van der Waals surface area contributed by atoms with Crippen LogP contribution >= 0.6 is 0 Å². The van der Waals surface area contributed by atoms with Crippen LogP contribution in [0.2, 0.25) is 0 Å². The number of carbonyl (C=O) groups is 4. The lowest BCUT2D eigenvalue weighted by Crippen LogP contribution is -2.61. The van der Waals surface area contributed by atoms with E-state index in [0.29, 0.717) is 19.3 Å². The van der Waals surface area contributed by atoms with E-state index in [9.17, 15) is 34.5 Å². The highest BCUT2D eigenvalue weighted by Gasteiger charge is 2.50. The number of aliphatic carboxylic acids is 1. The number of unbranched alkanes of at least 4 members (excludes halogenated alkanes) is 33. The quantitative estimate of drug-likeness (QED) is 0.0228. The fourth-order valence-corrected chi connectivity index (χ4v) is 9.50. The third-order valence-corrected chi connectivity index (χ3v) is 14.2. The highest BCUT2D eigenvalue weighted by atomic mass is 16.7. The molecule has 12 nitrogen and oxygen atoms in total. The van der Waals surface area contributed by atoms with Crippen LogP contribution in [0.15, 0.2) is 36.5 Å². The van der Waals surface area contributed by atoms with Crippen molar-refractivity contribution < 1.29 is 58.2 Å². The molecule has 1 fully saturated rings. The van der Waals surface area contributed by atoms with Crippen LogP contribution in [0.25, 0.3) is 0 Å². The number of aliphatic hydroxyl groups is 2. The Morgan fingerprint density at radius 1 is 0.453 bits per heavy atom. The van der Waals surface area contributed by atoms with Gasteiger partial charge in [0.2, 0.25) is 0 Å². The molecule has 0 bridgehead atoms. The van der Waals surface area contributed by atoms with Gasteiger partial charge in [0.15, 0.2) is 24.6 Å². The van der Waals surface area contributed by atoms with Crippen molar-refractivity contribution >= 4 is 23.9 Å². The molecule has 0 spiro atoms. The summed E-state index contributed by atoms with van der Waals surface area (Å²) in [5.74, 6) is -3.11. The van der Waals surface area contributed by atoms with E-state index in [1.165, 1.54) is 141 Å². The molecule has 3 N–H and O–H groups in total. The van der Waals surface area contributed by atoms with Gasteiger partial charge in [-0.1, -0.05) is 256 Å². The first-order valence-electron chi connectivity index (χ1n) is 31.0. The van der Waals surface area contributed by atoms with Crippen molar-refractivity contribution in [2.24, 2.45) is 0 Å². The average molecular weight is 1060 g/mol. The highest BCUT2D eigenvalue weighted by Crippen LogP contribution is 2.27. The van der Waals surface area contributed by atoms with Gasteiger partial charge in [0.25, 0.3) is 0 Å². The predicted molar refractivity (Wildman–Crippen MR) is 303 cm³/mol. The normalized spacial score (nSPS) is 18.3. The highest BCUT2D eigenvalue weighted by molar-refractivity contribution is 5.74. The number of allylic oxidation sites excluding steroid dienone is 6. The van der Waals surface area contributed by atoms with Crippen molar-refractivity contribution in [3.05, 3.63) is 36.5 Å². The van der Waals surface area contributed by atoms with Crippen LogP contribution in [0.4, 0.5) is 0 Å². The van der Waals surface area contributed by atoms with Crippen molar-refractivity contribution in [1.29, 1.82) is 0 Å². The van der Waals surface area contributed by atoms with Crippen molar-refractivity contribution in [3.8, 4) is 0 Å². The Hall–Kier alpha value is -3.06. The predicted octanol–water partition coefficient (Wildman–Crippen LogP) is 16.0. The lowest BCUT2D eigenvalue weighted by atomic mass is 9.98. The molecule has 0 saturated carbocycles. The Labute approximate surface area is 457 Å². The molecule has 0 aromatic carbocycles. The van der Waals surface area contributed by atoms with E-state index in [1.807, 2.05) is 0 Å². The van der Waals surface area contributed by atoms with Crippen LogP contribution in [-0.2, 0) is 42.9 Å². The van der Waals surface area contributed by atoms with E-state index in [2.05, 4.69) is 57.2 Å². The van der Waals surface area contributed by atoms with E-state index in [4.69, 9.17) is 23.7 Å². The van der Waals surface area contributed by atoms with Gasteiger partial charge in [-0.25, -0.2) is 4.79 Å². The Bertz CT molecular complexity index is 1450. The van der Waals surface area contributed by atoms with Crippen molar-refractivity contribution in [1.82, 2.24) is 0 Å². The SMILES string of the molecule is CC/C=C\C/C=C\C/C=C\CCCCCCCC(=O)OCC(COC1OC(C(=O)O)C(O)C(O)C1OC(=O)CCCCCCCCCCCCCCCCC)OC(=O)CCCCCCCCCCCCCCCCC. The molecule has 0 aliphatic carbocycles. The van der Waals surface area contributed by atoms with Crippen molar-refractivity contribution in [2.45, 2.75) is 327 Å². The molecule has 436 valence electrons. The average Bonchev–Trinajstić information content (AvgIpc) is 3.39. The summed E-state index contributed by atoms with van der Waals surface area (Å²) in [5.41, 5.74) is 0. The van der Waals surface area contributed by atoms with E-state index in [1.54, 1.807) is 0 Å². The number of hydrogen-bond acceptors (Lipinski definition) is 11. The van der Waals surface area contributed by atoms with Crippen LogP contribution in [0.3, 0.4) is 0 Å². The van der Waals surface area contributed by atoms with Crippen LogP contribution in [-0.4, -0.2) is 89.2 Å². The fraction of sp³-hybridized carbons (Fsp3) is 0.841. The minimum Gasteiger partial charge on any atom is -0.479 e. The zero-order chi connectivity index (χ0) is 54.7. The molecule has 0 aromatic heterocycles. The first-order chi connectivity index (χ1) is 36.6. The standard InChI is InChI=1S/C63H112O12/c1-4-7-10-13-16-19-22-25-28-31-34-37-40-43-46-49-55(64)71-52-54(73-56(65)50-47-44-41-38-35-32-29-26-23-20-17-14-11-8-5-2)53-72-63-61(59(68)58(67)60(75-63)62(69)70)74-57(66)51-48-45-42-39-36-33-30-27-24-21-18-15-12-9-6-3/h7,10,16,19,25,28,54,58-61,63,67-68H,4-6,8-9,11-15,17-18,20-24,26-27,29-53H2,1-3H3,(H,69,70)/b10-7-,19-16-,28-25-. The molecule has 6 unspecified atom stereocenters. The summed E-state index contributed by atoms with van der Waals surface area (Å²) in [6.07, 6.45) is 48.2. The number of esters is 3. The second-order valence-corrected chi connectivity index (χ2v) is 21.3. The van der Waals surface area contributed by atoms with Gasteiger partial charge in [0, 0.05) is 19.3 Å². The number of aliphatic hydroxyl groups excluding tert-OH is 2. The third kappa shape index (κ3) is 41.7. The number of hydrogen-bond donors (Lipinski definition) is 3. The fourth-order valence-electron chi connectivity index (χ4n) is 9.50. The van der Waals surface area contributed by atoms with Crippen LogP contribution in [0.5, 0.6) is 0 Å². The molecule has 0 aromatic rings.